The summed E-state index contributed by atoms with van der Waals surface area (Å²) in [5, 5.41) is 0.979. The van der Waals surface area contributed by atoms with Crippen molar-refractivity contribution in [3.05, 3.63) is 0 Å². The molecule has 2 heteroatoms. The number of rotatable bonds is 1. The van der Waals surface area contributed by atoms with Crippen LogP contribution in [0.15, 0.2) is 0 Å². The molecule has 2 saturated carbocycles. The maximum absolute atomic E-state index is 11.7. The molecule has 0 saturated heterocycles. The van der Waals surface area contributed by atoms with Crippen LogP contribution in [-0.4, -0.2) is 11.1 Å². The fourth-order valence-corrected chi connectivity index (χ4v) is 4.09. The molecule has 68 valence electrons. The first-order valence-corrected chi connectivity index (χ1v) is 5.76. The van der Waals surface area contributed by atoms with E-state index in [0.29, 0.717) is 11.7 Å². The van der Waals surface area contributed by atoms with Crippen LogP contribution in [0.2, 0.25) is 0 Å². The van der Waals surface area contributed by atoms with Gasteiger partial charge in [0.1, 0.15) is 5.78 Å². The number of alkyl halides is 1. The minimum absolute atomic E-state index is 0.0127. The summed E-state index contributed by atoms with van der Waals surface area (Å²) in [7, 11) is 0. The van der Waals surface area contributed by atoms with E-state index in [1.54, 1.807) is 0 Å². The summed E-state index contributed by atoms with van der Waals surface area (Å²) in [6.45, 7) is 4.42. The largest absolute Gasteiger partial charge is 0.299 e. The fraction of sp³-hybridized carbons (Fsp3) is 0.900. The quantitative estimate of drug-likeness (QED) is 0.634. The molecule has 0 aromatic carbocycles. The Hall–Kier alpha value is 0.150. The molecule has 0 radical (unpaired) electrons. The van der Waals surface area contributed by atoms with E-state index in [1.807, 2.05) is 0 Å². The van der Waals surface area contributed by atoms with E-state index in [9.17, 15) is 4.79 Å². The molecule has 2 aliphatic carbocycles. The lowest BCUT2D eigenvalue weighted by Gasteiger charge is -2.34. The molecule has 2 unspecified atom stereocenters. The predicted octanol–water partition coefficient (Wildman–Crippen LogP) is 2.78. The summed E-state index contributed by atoms with van der Waals surface area (Å²) >= 11 is 3.56. The number of halogens is 1. The highest BCUT2D eigenvalue weighted by Gasteiger charge is 2.63. The molecule has 0 aliphatic heterocycles. The monoisotopic (exact) mass is 230 g/mol. The Balaban J connectivity index is 2.44. The number of hydrogen-bond acceptors (Lipinski definition) is 1. The van der Waals surface area contributed by atoms with Gasteiger partial charge in [0, 0.05) is 17.2 Å². The zero-order valence-corrected chi connectivity index (χ0v) is 9.28. The summed E-state index contributed by atoms with van der Waals surface area (Å²) in [4.78, 5) is 11.7. The highest BCUT2D eigenvalue weighted by molar-refractivity contribution is 9.09. The van der Waals surface area contributed by atoms with Crippen molar-refractivity contribution < 1.29 is 4.79 Å². The molecule has 12 heavy (non-hydrogen) atoms. The van der Waals surface area contributed by atoms with Gasteiger partial charge in [-0.2, -0.15) is 0 Å². The average Bonchev–Trinajstić information content (AvgIpc) is 2.39. The third-order valence-electron chi connectivity index (χ3n) is 4.48. The third kappa shape index (κ3) is 0.729. The van der Waals surface area contributed by atoms with Crippen LogP contribution in [0.25, 0.3) is 0 Å². The minimum Gasteiger partial charge on any atom is -0.299 e. The number of ketones is 1. The maximum Gasteiger partial charge on any atom is 0.139 e. The van der Waals surface area contributed by atoms with Crippen molar-refractivity contribution >= 4 is 21.7 Å². The first-order valence-electron chi connectivity index (χ1n) is 4.64. The van der Waals surface area contributed by atoms with Crippen molar-refractivity contribution in [2.75, 3.05) is 5.33 Å². The van der Waals surface area contributed by atoms with E-state index in [2.05, 4.69) is 29.8 Å². The lowest BCUT2D eigenvalue weighted by Crippen LogP contribution is -2.36. The molecule has 2 rings (SSSR count). The van der Waals surface area contributed by atoms with Gasteiger partial charge < -0.3 is 0 Å². The van der Waals surface area contributed by atoms with Gasteiger partial charge in [-0.05, 0) is 24.2 Å². The number of Topliss-reactive ketones (excluding diaryl/α,β-unsaturated/α-hetero) is 1. The number of carbonyl (C=O) groups excluding carboxylic acids is 1. The maximum atomic E-state index is 11.7. The van der Waals surface area contributed by atoms with Crippen LogP contribution in [0.4, 0.5) is 0 Å². The summed E-state index contributed by atoms with van der Waals surface area (Å²) in [5.74, 6) is 1.15. The molecule has 0 aromatic rings. The molecule has 0 heterocycles. The molecule has 1 nitrogen and oxygen atoms in total. The highest BCUT2D eigenvalue weighted by atomic mass is 79.9. The number of fused-ring (bicyclic) bond motifs is 2. The van der Waals surface area contributed by atoms with Crippen LogP contribution in [0.1, 0.15) is 33.1 Å². The lowest BCUT2D eigenvalue weighted by molar-refractivity contribution is -0.128. The van der Waals surface area contributed by atoms with Gasteiger partial charge in [-0.25, -0.2) is 0 Å². The topological polar surface area (TPSA) is 17.1 Å². The summed E-state index contributed by atoms with van der Waals surface area (Å²) in [6.07, 6.45) is 3.20. The fourth-order valence-electron chi connectivity index (χ4n) is 3.01. The van der Waals surface area contributed by atoms with Crippen LogP contribution in [0, 0.1) is 16.7 Å². The second-order valence-electron chi connectivity index (χ2n) is 4.75. The van der Waals surface area contributed by atoms with Crippen LogP contribution in [0.5, 0.6) is 0 Å². The molecule has 2 aliphatic rings. The number of hydrogen-bond donors (Lipinski definition) is 0. The lowest BCUT2D eigenvalue weighted by atomic mass is 9.70. The van der Waals surface area contributed by atoms with Crippen molar-refractivity contribution in [3.63, 3.8) is 0 Å². The zero-order valence-electron chi connectivity index (χ0n) is 7.69. The van der Waals surface area contributed by atoms with E-state index in [1.165, 1.54) is 6.42 Å². The second-order valence-corrected chi connectivity index (χ2v) is 5.31. The summed E-state index contributed by atoms with van der Waals surface area (Å²) in [6, 6.07) is 0. The van der Waals surface area contributed by atoms with Gasteiger partial charge in [-0.3, -0.25) is 4.79 Å². The van der Waals surface area contributed by atoms with Crippen molar-refractivity contribution in [1.82, 2.24) is 0 Å². The van der Waals surface area contributed by atoms with Gasteiger partial charge in [0.15, 0.2) is 0 Å². The second kappa shape index (κ2) is 2.34. The molecule has 3 atom stereocenters. The van der Waals surface area contributed by atoms with E-state index in [-0.39, 0.29) is 10.8 Å². The van der Waals surface area contributed by atoms with Crippen molar-refractivity contribution in [2.24, 2.45) is 16.7 Å². The minimum atomic E-state index is -0.0127. The van der Waals surface area contributed by atoms with Crippen molar-refractivity contribution in [1.29, 1.82) is 0 Å². The Kier molecular flexibility index (Phi) is 1.70. The summed E-state index contributed by atoms with van der Waals surface area (Å²) in [5.41, 5.74) is 0.227. The van der Waals surface area contributed by atoms with Gasteiger partial charge in [0.2, 0.25) is 0 Å². The first-order chi connectivity index (χ1) is 5.54. The SMILES string of the molecule is CC1(CBr)C2CC[C@]1(C)C(=O)C2. The van der Waals surface area contributed by atoms with Gasteiger partial charge in [-0.1, -0.05) is 29.8 Å². The number of carbonyl (C=O) groups is 1. The van der Waals surface area contributed by atoms with Crippen LogP contribution in [-0.2, 0) is 4.79 Å². The summed E-state index contributed by atoms with van der Waals surface area (Å²) < 4.78 is 0. The standard InChI is InChI=1S/C10H15BrO/c1-9-4-3-7(5-8(9)12)10(9,2)6-11/h7H,3-6H2,1-2H3/t7?,9-,10?/m1/s1. The van der Waals surface area contributed by atoms with Gasteiger partial charge in [0.05, 0.1) is 0 Å². The Morgan fingerprint density at radius 2 is 2.25 bits per heavy atom. The Morgan fingerprint density at radius 1 is 1.58 bits per heavy atom. The van der Waals surface area contributed by atoms with Gasteiger partial charge in [-0.15, -0.1) is 0 Å². The highest BCUT2D eigenvalue weighted by Crippen LogP contribution is 2.64. The predicted molar refractivity (Wildman–Crippen MR) is 52.4 cm³/mol. The third-order valence-corrected chi connectivity index (χ3v) is 5.64. The van der Waals surface area contributed by atoms with Crippen LogP contribution in [0.3, 0.4) is 0 Å². The molecular formula is C10H15BrO. The van der Waals surface area contributed by atoms with Gasteiger partial charge >= 0.3 is 0 Å². The molecule has 2 fully saturated rings. The average molecular weight is 231 g/mol. The Bertz CT molecular complexity index is 238. The van der Waals surface area contributed by atoms with E-state index >= 15 is 0 Å². The Morgan fingerprint density at radius 3 is 2.50 bits per heavy atom. The van der Waals surface area contributed by atoms with Crippen LogP contribution < -0.4 is 0 Å². The van der Waals surface area contributed by atoms with Crippen molar-refractivity contribution in [2.45, 2.75) is 33.1 Å². The molecular weight excluding hydrogens is 216 g/mol. The van der Waals surface area contributed by atoms with E-state index in [4.69, 9.17) is 0 Å². The molecule has 2 bridgehead atoms. The molecule has 0 aromatic heterocycles. The Labute approximate surface area is 82.0 Å². The molecule has 0 spiro atoms. The normalized spacial score (nSPS) is 51.9. The van der Waals surface area contributed by atoms with E-state index < -0.39 is 0 Å². The smallest absolute Gasteiger partial charge is 0.139 e. The molecule has 0 N–H and O–H groups in total. The van der Waals surface area contributed by atoms with Crippen LogP contribution >= 0.6 is 15.9 Å². The van der Waals surface area contributed by atoms with E-state index in [0.717, 1.165) is 18.2 Å². The zero-order chi connectivity index (χ0) is 8.98. The van der Waals surface area contributed by atoms with Crippen molar-refractivity contribution in [3.8, 4) is 0 Å². The first kappa shape index (κ1) is 8.74. The van der Waals surface area contributed by atoms with Gasteiger partial charge in [0.25, 0.3) is 0 Å². The molecule has 0 amide bonds.